The van der Waals surface area contributed by atoms with E-state index in [0.29, 0.717) is 0 Å². The maximum atomic E-state index is 12.0. The number of carboxylic acids is 1. The highest BCUT2D eigenvalue weighted by molar-refractivity contribution is 14.1. The number of aliphatic carboxylic acids is 1. The number of carbonyl (C=O) groups is 1. The third-order valence-corrected chi connectivity index (χ3v) is 1.61. The van der Waals surface area contributed by atoms with E-state index in [1.165, 1.54) is 0 Å². The summed E-state index contributed by atoms with van der Waals surface area (Å²) in [6, 6.07) is -0.877. The molecular formula is C5H7FINO2. The van der Waals surface area contributed by atoms with Crippen molar-refractivity contribution in [2.24, 2.45) is 0 Å². The highest BCUT2D eigenvalue weighted by Gasteiger charge is 2.16. The quantitative estimate of drug-likeness (QED) is 0.590. The standard InChI is InChI=1S/C5H7FINO2/c1-3(6)2-4(8-7)5(9)10/h4,8H,1-2H2,(H,9,10). The van der Waals surface area contributed by atoms with Gasteiger partial charge < -0.3 is 5.11 Å². The van der Waals surface area contributed by atoms with E-state index in [9.17, 15) is 9.18 Å². The van der Waals surface area contributed by atoms with Crippen molar-refractivity contribution in [1.29, 1.82) is 0 Å². The molecule has 1 unspecified atom stereocenters. The Hall–Kier alpha value is -0.170. The minimum Gasteiger partial charge on any atom is -0.480 e. The van der Waals surface area contributed by atoms with E-state index in [4.69, 9.17) is 5.11 Å². The van der Waals surface area contributed by atoms with Crippen LogP contribution in [0.2, 0.25) is 0 Å². The molecule has 0 rings (SSSR count). The highest BCUT2D eigenvalue weighted by Crippen LogP contribution is 2.05. The van der Waals surface area contributed by atoms with E-state index >= 15 is 0 Å². The van der Waals surface area contributed by atoms with Crippen LogP contribution < -0.4 is 3.53 Å². The van der Waals surface area contributed by atoms with E-state index in [2.05, 4.69) is 10.1 Å². The van der Waals surface area contributed by atoms with Crippen LogP contribution in [0.15, 0.2) is 12.4 Å². The van der Waals surface area contributed by atoms with Gasteiger partial charge in [0.2, 0.25) is 0 Å². The summed E-state index contributed by atoms with van der Waals surface area (Å²) >= 11 is 1.66. The number of carboxylic acid groups (broad SMARTS) is 1. The molecule has 0 aliphatic carbocycles. The minimum atomic E-state index is -1.08. The molecule has 0 fully saturated rings. The maximum absolute atomic E-state index is 12.0. The average molecular weight is 259 g/mol. The van der Waals surface area contributed by atoms with Crippen molar-refractivity contribution < 1.29 is 14.3 Å². The van der Waals surface area contributed by atoms with Crippen molar-refractivity contribution in [1.82, 2.24) is 3.53 Å². The van der Waals surface area contributed by atoms with E-state index in [1.807, 2.05) is 0 Å². The molecule has 5 heteroatoms. The summed E-state index contributed by atoms with van der Waals surface area (Å²) in [5.41, 5.74) is 0. The first-order valence-electron chi connectivity index (χ1n) is 2.50. The Morgan fingerprint density at radius 2 is 2.40 bits per heavy atom. The lowest BCUT2D eigenvalue weighted by Gasteiger charge is -2.06. The van der Waals surface area contributed by atoms with Gasteiger partial charge in [0.15, 0.2) is 0 Å². The molecule has 0 saturated carbocycles. The zero-order valence-corrected chi connectivity index (χ0v) is 7.26. The fraction of sp³-hybridized carbons (Fsp3) is 0.400. The van der Waals surface area contributed by atoms with Gasteiger partial charge in [-0.15, -0.1) is 0 Å². The van der Waals surface area contributed by atoms with Crippen molar-refractivity contribution >= 4 is 28.8 Å². The van der Waals surface area contributed by atoms with E-state index in [-0.39, 0.29) is 6.42 Å². The molecule has 0 saturated heterocycles. The highest BCUT2D eigenvalue weighted by atomic mass is 127. The Kier molecular flexibility index (Phi) is 4.54. The van der Waals surface area contributed by atoms with Crippen molar-refractivity contribution in [3.8, 4) is 0 Å². The lowest BCUT2D eigenvalue weighted by Crippen LogP contribution is -2.29. The first kappa shape index (κ1) is 9.83. The summed E-state index contributed by atoms with van der Waals surface area (Å²) in [5, 5.41) is 8.35. The van der Waals surface area contributed by atoms with Crippen LogP contribution in [0.3, 0.4) is 0 Å². The lowest BCUT2D eigenvalue weighted by molar-refractivity contribution is -0.138. The van der Waals surface area contributed by atoms with Gasteiger partial charge in [0.05, 0.1) is 5.83 Å². The van der Waals surface area contributed by atoms with Crippen LogP contribution >= 0.6 is 22.9 Å². The predicted octanol–water partition coefficient (Wildman–Crippen LogP) is 1.25. The Morgan fingerprint density at radius 3 is 2.50 bits per heavy atom. The van der Waals surface area contributed by atoms with Crippen molar-refractivity contribution in [3.63, 3.8) is 0 Å². The van der Waals surface area contributed by atoms with Crippen LogP contribution in [-0.4, -0.2) is 17.1 Å². The second kappa shape index (κ2) is 4.62. The molecule has 2 N–H and O–H groups in total. The summed E-state index contributed by atoms with van der Waals surface area (Å²) < 4.78 is 14.4. The Bertz CT molecular complexity index is 151. The van der Waals surface area contributed by atoms with Gasteiger partial charge in [0.25, 0.3) is 0 Å². The number of rotatable bonds is 4. The SMILES string of the molecule is C=C(F)CC(NI)C(=O)O. The van der Waals surface area contributed by atoms with Gasteiger partial charge >= 0.3 is 5.97 Å². The van der Waals surface area contributed by atoms with Crippen LogP contribution in [-0.2, 0) is 4.79 Å². The first-order chi connectivity index (χ1) is 4.57. The van der Waals surface area contributed by atoms with Crippen LogP contribution in [0.5, 0.6) is 0 Å². The van der Waals surface area contributed by atoms with Gasteiger partial charge in [-0.3, -0.25) is 4.79 Å². The van der Waals surface area contributed by atoms with Gasteiger partial charge in [-0.1, -0.05) is 6.58 Å². The van der Waals surface area contributed by atoms with Crippen molar-refractivity contribution in [3.05, 3.63) is 12.4 Å². The summed E-state index contributed by atoms with van der Waals surface area (Å²) in [7, 11) is 0. The number of hydrogen-bond acceptors (Lipinski definition) is 2. The van der Waals surface area contributed by atoms with Crippen molar-refractivity contribution in [2.45, 2.75) is 12.5 Å². The molecule has 0 aromatic rings. The van der Waals surface area contributed by atoms with Crippen LogP contribution in [0.4, 0.5) is 4.39 Å². The molecular weight excluding hydrogens is 252 g/mol. The summed E-state index contributed by atoms with van der Waals surface area (Å²) in [5.74, 6) is -1.70. The second-order valence-corrected chi connectivity index (χ2v) is 2.34. The van der Waals surface area contributed by atoms with Gasteiger partial charge in [-0.2, -0.15) is 0 Å². The molecule has 58 valence electrons. The Labute approximate surface area is 71.8 Å². The van der Waals surface area contributed by atoms with Crippen LogP contribution in [0, 0.1) is 0 Å². The molecule has 0 aliphatic heterocycles. The topological polar surface area (TPSA) is 49.3 Å². The molecule has 0 aliphatic rings. The minimum absolute atomic E-state index is 0.182. The Morgan fingerprint density at radius 1 is 1.90 bits per heavy atom. The van der Waals surface area contributed by atoms with Crippen LogP contribution in [0.25, 0.3) is 0 Å². The maximum Gasteiger partial charge on any atom is 0.321 e. The fourth-order valence-corrected chi connectivity index (χ4v) is 0.881. The van der Waals surface area contributed by atoms with E-state index in [1.54, 1.807) is 22.9 Å². The third-order valence-electron chi connectivity index (χ3n) is 0.855. The molecule has 0 aromatic carbocycles. The summed E-state index contributed by atoms with van der Waals surface area (Å²) in [6.45, 7) is 2.95. The monoisotopic (exact) mass is 259 g/mol. The lowest BCUT2D eigenvalue weighted by atomic mass is 10.2. The molecule has 0 heterocycles. The zero-order valence-electron chi connectivity index (χ0n) is 5.10. The van der Waals surface area contributed by atoms with E-state index < -0.39 is 17.8 Å². The van der Waals surface area contributed by atoms with Gasteiger partial charge in [-0.25, -0.2) is 7.92 Å². The molecule has 3 nitrogen and oxygen atoms in total. The molecule has 0 amide bonds. The molecule has 0 radical (unpaired) electrons. The fourth-order valence-electron chi connectivity index (χ4n) is 0.394. The molecule has 0 spiro atoms. The molecule has 0 aromatic heterocycles. The normalized spacial score (nSPS) is 12.6. The van der Waals surface area contributed by atoms with Gasteiger partial charge in [-0.05, 0) is 0 Å². The number of nitrogens with one attached hydrogen (secondary N) is 1. The Balaban J connectivity index is 3.83. The van der Waals surface area contributed by atoms with Gasteiger partial charge in [0.1, 0.15) is 6.04 Å². The smallest absolute Gasteiger partial charge is 0.321 e. The first-order valence-corrected chi connectivity index (χ1v) is 3.58. The molecule has 1 atom stereocenters. The molecule has 10 heavy (non-hydrogen) atoms. The molecule has 0 bridgehead atoms. The largest absolute Gasteiger partial charge is 0.480 e. The number of hydrogen-bond donors (Lipinski definition) is 2. The third kappa shape index (κ3) is 3.78. The predicted molar refractivity (Wildman–Crippen MR) is 43.4 cm³/mol. The van der Waals surface area contributed by atoms with Crippen LogP contribution in [0.1, 0.15) is 6.42 Å². The summed E-state index contributed by atoms with van der Waals surface area (Å²) in [6.07, 6.45) is -0.182. The zero-order chi connectivity index (χ0) is 8.15. The van der Waals surface area contributed by atoms with Crippen molar-refractivity contribution in [2.75, 3.05) is 0 Å². The van der Waals surface area contributed by atoms with Gasteiger partial charge in [0, 0.05) is 29.3 Å². The summed E-state index contributed by atoms with van der Waals surface area (Å²) in [4.78, 5) is 10.2. The second-order valence-electron chi connectivity index (χ2n) is 1.72. The number of halogens is 2. The average Bonchev–Trinajstić information content (AvgIpc) is 1.81. The van der Waals surface area contributed by atoms with E-state index in [0.717, 1.165) is 0 Å².